The molecule has 0 amide bonds. The Labute approximate surface area is 105 Å². The highest BCUT2D eigenvalue weighted by Crippen LogP contribution is 2.30. The van der Waals surface area contributed by atoms with Gasteiger partial charge in [0.2, 0.25) is 0 Å². The van der Waals surface area contributed by atoms with Gasteiger partial charge >= 0.3 is 0 Å². The van der Waals surface area contributed by atoms with Crippen LogP contribution in [0.3, 0.4) is 0 Å². The van der Waals surface area contributed by atoms with E-state index in [1.54, 1.807) is 11.8 Å². The molecule has 16 heavy (non-hydrogen) atoms. The second-order valence-electron chi connectivity index (χ2n) is 3.94. The number of carbonyl (C=O) groups excluding carboxylic acids is 1. The summed E-state index contributed by atoms with van der Waals surface area (Å²) in [6, 6.07) is 6.20. The first kappa shape index (κ1) is 12.1. The largest absolute Gasteiger partial charge is 0.294 e. The summed E-state index contributed by atoms with van der Waals surface area (Å²) in [6.07, 6.45) is 5.07. The molecule has 3 heteroatoms. The summed E-state index contributed by atoms with van der Waals surface area (Å²) in [4.78, 5) is 13.2. The maximum Gasteiger partial charge on any atom is 0.163 e. The van der Waals surface area contributed by atoms with Crippen LogP contribution in [0.15, 0.2) is 23.1 Å². The Morgan fingerprint density at radius 2 is 2.38 bits per heavy atom. The number of thioether (sulfide) groups is 2. The molecule has 0 saturated heterocycles. The molecular weight excluding hydrogens is 236 g/mol. The normalized spacial score (nSPS) is 14.6. The van der Waals surface area contributed by atoms with E-state index in [2.05, 4.69) is 12.1 Å². The van der Waals surface area contributed by atoms with E-state index in [0.29, 0.717) is 6.42 Å². The van der Waals surface area contributed by atoms with Gasteiger partial charge in [0.25, 0.3) is 0 Å². The van der Waals surface area contributed by atoms with Crippen LogP contribution in [0.4, 0.5) is 0 Å². The monoisotopic (exact) mass is 252 g/mol. The standard InChI is InChI=1S/C13H16OS2/c1-15-8-6-12(14)10-4-5-13-11(9-10)3-2-7-16-13/h4-5,9H,2-3,6-8H2,1H3. The maximum atomic E-state index is 11.9. The van der Waals surface area contributed by atoms with Crippen LogP contribution in [-0.4, -0.2) is 23.5 Å². The Bertz CT molecular complexity index is 388. The fraction of sp³-hybridized carbons (Fsp3) is 0.462. The Morgan fingerprint density at radius 3 is 3.19 bits per heavy atom. The minimum atomic E-state index is 0.285. The molecule has 0 fully saturated rings. The molecule has 0 radical (unpaired) electrons. The molecule has 1 nitrogen and oxygen atoms in total. The Kier molecular flexibility index (Phi) is 4.36. The lowest BCUT2D eigenvalue weighted by atomic mass is 10.0. The lowest BCUT2D eigenvalue weighted by molar-refractivity contribution is 0.0989. The van der Waals surface area contributed by atoms with Gasteiger partial charge in [-0.2, -0.15) is 11.8 Å². The quantitative estimate of drug-likeness (QED) is 0.761. The predicted octanol–water partition coefficient (Wildman–Crippen LogP) is 3.66. The molecule has 0 unspecified atom stereocenters. The first-order valence-corrected chi connectivity index (χ1v) is 7.97. The number of fused-ring (bicyclic) bond motifs is 1. The fourth-order valence-corrected chi connectivity index (χ4v) is 3.28. The van der Waals surface area contributed by atoms with Crippen molar-refractivity contribution in [2.24, 2.45) is 0 Å². The van der Waals surface area contributed by atoms with E-state index >= 15 is 0 Å². The molecule has 0 atom stereocenters. The summed E-state index contributed by atoms with van der Waals surface area (Å²) >= 11 is 3.64. The third-order valence-electron chi connectivity index (χ3n) is 2.76. The van der Waals surface area contributed by atoms with Gasteiger partial charge in [0.1, 0.15) is 0 Å². The highest BCUT2D eigenvalue weighted by Gasteiger charge is 2.12. The molecule has 2 rings (SSSR count). The van der Waals surface area contributed by atoms with Gasteiger partial charge in [-0.3, -0.25) is 4.79 Å². The molecular formula is C13H16OS2. The molecule has 1 heterocycles. The molecule has 0 aliphatic carbocycles. The van der Waals surface area contributed by atoms with E-state index in [9.17, 15) is 4.79 Å². The number of ketones is 1. The number of carbonyl (C=O) groups is 1. The molecule has 0 saturated carbocycles. The molecule has 0 spiro atoms. The minimum absolute atomic E-state index is 0.285. The molecule has 0 N–H and O–H groups in total. The SMILES string of the molecule is CSCCC(=O)c1ccc2c(c1)CCCS2. The highest BCUT2D eigenvalue weighted by molar-refractivity contribution is 7.99. The number of aryl methyl sites for hydroxylation is 1. The molecule has 86 valence electrons. The molecule has 0 bridgehead atoms. The molecule has 1 aromatic carbocycles. The second kappa shape index (κ2) is 5.78. The minimum Gasteiger partial charge on any atom is -0.294 e. The van der Waals surface area contributed by atoms with Crippen molar-refractivity contribution in [1.29, 1.82) is 0 Å². The van der Waals surface area contributed by atoms with Gasteiger partial charge in [0.15, 0.2) is 5.78 Å². The van der Waals surface area contributed by atoms with Gasteiger partial charge in [-0.25, -0.2) is 0 Å². The van der Waals surface area contributed by atoms with Crippen molar-refractivity contribution in [2.45, 2.75) is 24.2 Å². The summed E-state index contributed by atoms with van der Waals surface area (Å²) in [5, 5.41) is 0. The van der Waals surface area contributed by atoms with E-state index < -0.39 is 0 Å². The lowest BCUT2D eigenvalue weighted by Crippen LogP contribution is -2.04. The number of hydrogen-bond donors (Lipinski definition) is 0. The van der Waals surface area contributed by atoms with E-state index in [0.717, 1.165) is 17.7 Å². The smallest absolute Gasteiger partial charge is 0.163 e. The van der Waals surface area contributed by atoms with Crippen LogP contribution in [0.2, 0.25) is 0 Å². The van der Waals surface area contributed by atoms with E-state index in [1.165, 1.54) is 22.6 Å². The number of rotatable bonds is 4. The lowest BCUT2D eigenvalue weighted by Gasteiger charge is -2.15. The number of Topliss-reactive ketones (excluding diaryl/α,β-unsaturated/α-hetero) is 1. The van der Waals surface area contributed by atoms with Crippen molar-refractivity contribution in [3.8, 4) is 0 Å². The van der Waals surface area contributed by atoms with Crippen LogP contribution in [-0.2, 0) is 6.42 Å². The predicted molar refractivity (Wildman–Crippen MR) is 72.8 cm³/mol. The zero-order chi connectivity index (χ0) is 11.4. The van der Waals surface area contributed by atoms with Crippen molar-refractivity contribution in [2.75, 3.05) is 17.8 Å². The fourth-order valence-electron chi connectivity index (χ4n) is 1.87. The van der Waals surface area contributed by atoms with E-state index in [-0.39, 0.29) is 5.78 Å². The van der Waals surface area contributed by atoms with Gasteiger partial charge < -0.3 is 0 Å². The Balaban J connectivity index is 2.13. The number of benzene rings is 1. The van der Waals surface area contributed by atoms with E-state index in [4.69, 9.17) is 0 Å². The summed E-state index contributed by atoms with van der Waals surface area (Å²) in [5.41, 5.74) is 2.27. The summed E-state index contributed by atoms with van der Waals surface area (Å²) < 4.78 is 0. The van der Waals surface area contributed by atoms with Crippen LogP contribution in [0, 0.1) is 0 Å². The van der Waals surface area contributed by atoms with Crippen LogP contribution >= 0.6 is 23.5 Å². The molecule has 1 aromatic rings. The van der Waals surface area contributed by atoms with Crippen molar-refractivity contribution in [3.63, 3.8) is 0 Å². The van der Waals surface area contributed by atoms with Gasteiger partial charge in [0, 0.05) is 22.6 Å². The Morgan fingerprint density at radius 1 is 1.50 bits per heavy atom. The van der Waals surface area contributed by atoms with Gasteiger partial charge in [0.05, 0.1) is 0 Å². The summed E-state index contributed by atoms with van der Waals surface area (Å²) in [7, 11) is 0. The first-order chi connectivity index (χ1) is 7.81. The first-order valence-electron chi connectivity index (χ1n) is 5.59. The van der Waals surface area contributed by atoms with Crippen molar-refractivity contribution in [1.82, 2.24) is 0 Å². The average molecular weight is 252 g/mol. The third kappa shape index (κ3) is 2.83. The maximum absolute atomic E-state index is 11.9. The van der Waals surface area contributed by atoms with Crippen molar-refractivity contribution in [3.05, 3.63) is 29.3 Å². The van der Waals surface area contributed by atoms with Gasteiger partial charge in [-0.15, -0.1) is 11.8 Å². The van der Waals surface area contributed by atoms with Crippen molar-refractivity contribution >= 4 is 29.3 Å². The van der Waals surface area contributed by atoms with Crippen molar-refractivity contribution < 1.29 is 4.79 Å². The summed E-state index contributed by atoms with van der Waals surface area (Å²) in [5.74, 6) is 2.42. The van der Waals surface area contributed by atoms with E-state index in [1.807, 2.05) is 24.1 Å². The highest BCUT2D eigenvalue weighted by atomic mass is 32.2. The van der Waals surface area contributed by atoms with Crippen LogP contribution in [0.25, 0.3) is 0 Å². The number of hydrogen-bond acceptors (Lipinski definition) is 3. The topological polar surface area (TPSA) is 17.1 Å². The summed E-state index contributed by atoms with van der Waals surface area (Å²) in [6.45, 7) is 0. The Hall–Kier alpha value is -0.410. The molecule has 1 aliphatic heterocycles. The third-order valence-corrected chi connectivity index (χ3v) is 4.58. The zero-order valence-electron chi connectivity index (χ0n) is 9.49. The van der Waals surface area contributed by atoms with Crippen LogP contribution < -0.4 is 0 Å². The second-order valence-corrected chi connectivity index (χ2v) is 6.06. The molecule has 0 aromatic heterocycles. The van der Waals surface area contributed by atoms with Gasteiger partial charge in [-0.1, -0.05) is 6.07 Å². The van der Waals surface area contributed by atoms with Gasteiger partial charge in [-0.05, 0) is 42.5 Å². The molecule has 1 aliphatic rings. The zero-order valence-corrected chi connectivity index (χ0v) is 11.1. The average Bonchev–Trinajstić information content (AvgIpc) is 2.35. The van der Waals surface area contributed by atoms with Crippen LogP contribution in [0.5, 0.6) is 0 Å². The van der Waals surface area contributed by atoms with Crippen LogP contribution in [0.1, 0.15) is 28.8 Å².